The Morgan fingerprint density at radius 2 is 1.74 bits per heavy atom. The Morgan fingerprint density at radius 3 is 2.41 bits per heavy atom. The number of hydrogen-bond donors (Lipinski definition) is 0. The summed E-state index contributed by atoms with van der Waals surface area (Å²) in [5.74, 6) is 2.12. The van der Waals surface area contributed by atoms with Crippen molar-refractivity contribution in [2.24, 2.45) is 28.6 Å². The molecule has 4 aliphatic carbocycles. The van der Waals surface area contributed by atoms with Gasteiger partial charge in [0.1, 0.15) is 6.10 Å². The largest absolute Gasteiger partial charge is 0.462 e. The molecule has 3 heteroatoms. The number of Topliss-reactive ketones (excluding diaryl/α,β-unsaturated/α-hetero) is 1. The zero-order valence-electron chi connectivity index (χ0n) is 17.6. The minimum absolute atomic E-state index is 0.0620. The summed E-state index contributed by atoms with van der Waals surface area (Å²) in [6.07, 6.45) is 10.1. The molecule has 4 aliphatic rings. The second-order valence-electron chi connectivity index (χ2n) is 10.1. The van der Waals surface area contributed by atoms with E-state index in [1.807, 2.05) is 0 Å². The summed E-state index contributed by atoms with van der Waals surface area (Å²) in [5, 5.41) is 0. The van der Waals surface area contributed by atoms with E-state index in [2.05, 4.69) is 26.8 Å². The molecule has 4 rings (SSSR count). The van der Waals surface area contributed by atoms with E-state index < -0.39 is 0 Å². The first-order valence-corrected chi connectivity index (χ1v) is 10.7. The Labute approximate surface area is 163 Å². The molecule has 0 bridgehead atoms. The van der Waals surface area contributed by atoms with Crippen molar-refractivity contribution in [2.75, 3.05) is 0 Å². The summed E-state index contributed by atoms with van der Waals surface area (Å²) >= 11 is 0. The lowest BCUT2D eigenvalue weighted by molar-refractivity contribution is -0.148. The fourth-order valence-corrected chi connectivity index (χ4v) is 7.59. The van der Waals surface area contributed by atoms with Gasteiger partial charge in [-0.15, -0.1) is 0 Å². The molecule has 0 amide bonds. The smallest absolute Gasteiger partial charge is 0.302 e. The van der Waals surface area contributed by atoms with Crippen LogP contribution in [0.25, 0.3) is 0 Å². The monoisotopic (exact) mass is 370 g/mol. The molecular formula is C24H34O3. The molecule has 0 aromatic carbocycles. The van der Waals surface area contributed by atoms with E-state index in [1.165, 1.54) is 24.5 Å². The molecule has 0 unspecified atom stereocenters. The molecule has 6 atom stereocenters. The number of ether oxygens (including phenoxy) is 1. The van der Waals surface area contributed by atoms with Crippen LogP contribution in [0.4, 0.5) is 0 Å². The minimum atomic E-state index is -0.157. The molecule has 0 heterocycles. The second kappa shape index (κ2) is 6.32. The number of carbonyl (C=O) groups is 2. The molecule has 0 spiro atoms. The van der Waals surface area contributed by atoms with Gasteiger partial charge in [0.15, 0.2) is 5.78 Å². The van der Waals surface area contributed by atoms with Crippen LogP contribution >= 0.6 is 0 Å². The lowest BCUT2D eigenvalue weighted by atomic mass is 9.47. The van der Waals surface area contributed by atoms with Gasteiger partial charge in [0, 0.05) is 13.3 Å². The van der Waals surface area contributed by atoms with E-state index in [-0.39, 0.29) is 28.7 Å². The first kappa shape index (κ1) is 19.0. The van der Waals surface area contributed by atoms with Crippen molar-refractivity contribution in [1.82, 2.24) is 0 Å². The maximum atomic E-state index is 12.4. The lowest BCUT2D eigenvalue weighted by Gasteiger charge is -2.57. The molecule has 0 N–H and O–H groups in total. The summed E-state index contributed by atoms with van der Waals surface area (Å²) in [6, 6.07) is 0. The molecule has 27 heavy (non-hydrogen) atoms. The van der Waals surface area contributed by atoms with Crippen LogP contribution in [-0.4, -0.2) is 17.9 Å². The zero-order chi connectivity index (χ0) is 19.6. The Morgan fingerprint density at radius 1 is 1.04 bits per heavy atom. The SMILES string of the molecule is CC(=O)O[C@@H]1CC[C@@]2(C)C(=CC[C@@H]3[C@H]4CC(C)=C(C(C)=O)[C@@]4(C)CC[C@@H]32)C1. The fraction of sp³-hybridized carbons (Fsp3) is 0.750. The third-order valence-corrected chi connectivity index (χ3v) is 8.66. The number of hydrogen-bond acceptors (Lipinski definition) is 3. The topological polar surface area (TPSA) is 43.4 Å². The third kappa shape index (κ3) is 2.76. The minimum Gasteiger partial charge on any atom is -0.462 e. The highest BCUT2D eigenvalue weighted by atomic mass is 16.5. The predicted molar refractivity (Wildman–Crippen MR) is 106 cm³/mol. The van der Waals surface area contributed by atoms with Crippen LogP contribution in [0.1, 0.15) is 79.6 Å². The Bertz CT molecular complexity index is 745. The number of carbonyl (C=O) groups excluding carboxylic acids is 2. The molecule has 2 fully saturated rings. The Kier molecular flexibility index (Phi) is 4.44. The first-order chi connectivity index (χ1) is 12.7. The summed E-state index contributed by atoms with van der Waals surface area (Å²) in [7, 11) is 0. The van der Waals surface area contributed by atoms with Gasteiger partial charge < -0.3 is 4.74 Å². The first-order valence-electron chi connectivity index (χ1n) is 10.7. The van der Waals surface area contributed by atoms with Gasteiger partial charge in [0.2, 0.25) is 0 Å². The summed E-state index contributed by atoms with van der Waals surface area (Å²) < 4.78 is 5.54. The van der Waals surface area contributed by atoms with E-state index in [9.17, 15) is 9.59 Å². The van der Waals surface area contributed by atoms with E-state index in [0.29, 0.717) is 17.8 Å². The van der Waals surface area contributed by atoms with Crippen LogP contribution in [0.2, 0.25) is 0 Å². The molecule has 0 aromatic heterocycles. The van der Waals surface area contributed by atoms with E-state index in [1.54, 1.807) is 6.92 Å². The molecule has 0 radical (unpaired) electrons. The number of ketones is 1. The van der Waals surface area contributed by atoms with Crippen LogP contribution in [0.15, 0.2) is 22.8 Å². The van der Waals surface area contributed by atoms with Crippen LogP contribution in [0.3, 0.4) is 0 Å². The lowest BCUT2D eigenvalue weighted by Crippen LogP contribution is -2.50. The van der Waals surface area contributed by atoms with Crippen LogP contribution in [-0.2, 0) is 14.3 Å². The zero-order valence-corrected chi connectivity index (χ0v) is 17.6. The predicted octanol–water partition coefficient (Wildman–Crippen LogP) is 5.40. The van der Waals surface area contributed by atoms with Gasteiger partial charge in [-0.05, 0) is 86.5 Å². The van der Waals surface area contributed by atoms with Crippen molar-refractivity contribution in [2.45, 2.75) is 85.7 Å². The second-order valence-corrected chi connectivity index (χ2v) is 10.1. The van der Waals surface area contributed by atoms with Gasteiger partial charge in [0.05, 0.1) is 0 Å². The van der Waals surface area contributed by atoms with Crippen molar-refractivity contribution >= 4 is 11.8 Å². The summed E-state index contributed by atoms with van der Waals surface area (Å²) in [4.78, 5) is 23.8. The average molecular weight is 371 g/mol. The summed E-state index contributed by atoms with van der Waals surface area (Å²) in [5.41, 5.74) is 4.33. The van der Waals surface area contributed by atoms with Crippen LogP contribution < -0.4 is 0 Å². The highest BCUT2D eigenvalue weighted by molar-refractivity contribution is 5.96. The quantitative estimate of drug-likeness (QED) is 0.483. The highest BCUT2D eigenvalue weighted by Crippen LogP contribution is 2.66. The maximum Gasteiger partial charge on any atom is 0.302 e. The van der Waals surface area contributed by atoms with Gasteiger partial charge in [-0.2, -0.15) is 0 Å². The van der Waals surface area contributed by atoms with Crippen molar-refractivity contribution in [3.05, 3.63) is 22.8 Å². The van der Waals surface area contributed by atoms with Gasteiger partial charge in [0.25, 0.3) is 0 Å². The average Bonchev–Trinajstić information content (AvgIpc) is 2.85. The Hall–Kier alpha value is -1.38. The van der Waals surface area contributed by atoms with Gasteiger partial charge in [-0.1, -0.05) is 31.1 Å². The number of rotatable bonds is 2. The van der Waals surface area contributed by atoms with Gasteiger partial charge >= 0.3 is 5.97 Å². The molecule has 0 saturated heterocycles. The van der Waals surface area contributed by atoms with E-state index in [4.69, 9.17) is 4.74 Å². The van der Waals surface area contributed by atoms with Crippen molar-refractivity contribution in [1.29, 1.82) is 0 Å². The van der Waals surface area contributed by atoms with Crippen molar-refractivity contribution in [3.8, 4) is 0 Å². The van der Waals surface area contributed by atoms with Crippen molar-refractivity contribution in [3.63, 3.8) is 0 Å². The molecule has 2 saturated carbocycles. The Balaban J connectivity index is 1.62. The molecule has 3 nitrogen and oxygen atoms in total. The number of allylic oxidation sites excluding steroid dienone is 3. The highest BCUT2D eigenvalue weighted by Gasteiger charge is 2.58. The standard InChI is InChI=1S/C24H34O3/c1-14-12-21-19-7-6-17-13-18(27-16(3)26)8-10-23(17,4)20(19)9-11-24(21,5)22(14)15(2)25/h6,18-21H,7-13H2,1-5H3/t18-,19+,20+,21-,23+,24+/m1/s1. The van der Waals surface area contributed by atoms with Gasteiger partial charge in [-0.3, -0.25) is 9.59 Å². The van der Waals surface area contributed by atoms with E-state index >= 15 is 0 Å². The van der Waals surface area contributed by atoms with Gasteiger partial charge in [-0.25, -0.2) is 0 Å². The third-order valence-electron chi connectivity index (χ3n) is 8.66. The molecule has 148 valence electrons. The molecule has 0 aliphatic heterocycles. The number of esters is 1. The van der Waals surface area contributed by atoms with Crippen LogP contribution in [0.5, 0.6) is 0 Å². The van der Waals surface area contributed by atoms with Crippen LogP contribution in [0, 0.1) is 28.6 Å². The molecular weight excluding hydrogens is 336 g/mol. The molecule has 0 aromatic rings. The maximum absolute atomic E-state index is 12.4. The van der Waals surface area contributed by atoms with E-state index in [0.717, 1.165) is 44.1 Å². The van der Waals surface area contributed by atoms with Crippen molar-refractivity contribution < 1.29 is 14.3 Å². The fourth-order valence-electron chi connectivity index (χ4n) is 7.59. The normalized spacial score (nSPS) is 43.4. The number of fused-ring (bicyclic) bond motifs is 5. The summed E-state index contributed by atoms with van der Waals surface area (Å²) in [6.45, 7) is 10.3.